The maximum atomic E-state index is 14.0. The molecule has 186 valence electrons. The SMILES string of the molecule is N#Cc1c(NC(=O)C(F)(F)C(F)(F)C(F)(F)C(F)(F)C(F)(F)C(F)F)sc2c1CCCCC2. The van der Waals surface area contributed by atoms with Gasteiger partial charge < -0.3 is 5.32 Å². The Morgan fingerprint density at radius 1 is 0.879 bits per heavy atom. The molecule has 1 aliphatic rings. The zero-order valence-corrected chi connectivity index (χ0v) is 16.7. The Bertz CT molecular complexity index is 951. The molecule has 0 aromatic carbocycles. The second-order valence-electron chi connectivity index (χ2n) is 7.06. The van der Waals surface area contributed by atoms with Crippen molar-refractivity contribution in [2.24, 2.45) is 0 Å². The van der Waals surface area contributed by atoms with E-state index < -0.39 is 52.5 Å². The van der Waals surface area contributed by atoms with Gasteiger partial charge in [0, 0.05) is 4.88 Å². The highest BCUT2D eigenvalue weighted by Crippen LogP contribution is 2.58. The van der Waals surface area contributed by atoms with Crippen LogP contribution in [0.1, 0.15) is 35.3 Å². The van der Waals surface area contributed by atoms with Crippen LogP contribution in [0, 0.1) is 11.3 Å². The number of hydrogen-bond acceptors (Lipinski definition) is 3. The van der Waals surface area contributed by atoms with Crippen molar-refractivity contribution in [1.82, 2.24) is 0 Å². The molecular formula is C17H12F12N2OS. The molecular weight excluding hydrogens is 508 g/mol. The minimum Gasteiger partial charge on any atom is -0.311 e. The van der Waals surface area contributed by atoms with Gasteiger partial charge in [-0.05, 0) is 31.2 Å². The average Bonchev–Trinajstić information content (AvgIpc) is 2.86. The first-order chi connectivity index (χ1) is 14.9. The van der Waals surface area contributed by atoms with Crippen LogP contribution in [0.5, 0.6) is 0 Å². The summed E-state index contributed by atoms with van der Waals surface area (Å²) < 4.78 is 159. The lowest BCUT2D eigenvalue weighted by atomic mass is 9.94. The lowest BCUT2D eigenvalue weighted by molar-refractivity contribution is -0.406. The molecule has 1 N–H and O–H groups in total. The standard InChI is InChI=1S/C17H12F12N2OS/c18-11(19)13(20,21)15(24,25)17(28,29)16(26,27)14(22,23)12(32)31-10-8(6-30)7-4-2-1-3-5-9(7)33-10/h11H,1-5H2,(H,31,32). The Kier molecular flexibility index (Phi) is 7.01. The number of rotatable bonds is 7. The highest BCUT2D eigenvalue weighted by molar-refractivity contribution is 7.16. The van der Waals surface area contributed by atoms with E-state index in [1.807, 2.05) is 0 Å². The summed E-state index contributed by atoms with van der Waals surface area (Å²) >= 11 is 0.489. The molecule has 0 spiro atoms. The molecule has 0 saturated heterocycles. The van der Waals surface area contributed by atoms with Gasteiger partial charge in [-0.3, -0.25) is 4.79 Å². The monoisotopic (exact) mass is 520 g/mol. The lowest BCUT2D eigenvalue weighted by Gasteiger charge is -2.38. The second kappa shape index (κ2) is 8.55. The number of amides is 1. The Morgan fingerprint density at radius 3 is 1.94 bits per heavy atom. The first-order valence-corrected chi connectivity index (χ1v) is 9.72. The van der Waals surface area contributed by atoms with E-state index in [0.29, 0.717) is 41.0 Å². The van der Waals surface area contributed by atoms with Gasteiger partial charge in [0.05, 0.1) is 5.56 Å². The quantitative estimate of drug-likeness (QED) is 0.341. The molecule has 0 bridgehead atoms. The molecule has 3 nitrogen and oxygen atoms in total. The summed E-state index contributed by atoms with van der Waals surface area (Å²) in [6.07, 6.45) is -3.23. The van der Waals surface area contributed by atoms with Crippen molar-refractivity contribution in [3.05, 3.63) is 16.0 Å². The molecule has 33 heavy (non-hydrogen) atoms. The van der Waals surface area contributed by atoms with Crippen LogP contribution in [-0.2, 0) is 17.6 Å². The molecule has 0 aliphatic heterocycles. The Morgan fingerprint density at radius 2 is 1.42 bits per heavy atom. The largest absolute Gasteiger partial charge is 0.393 e. The third kappa shape index (κ3) is 4.01. The number of aryl methyl sites for hydroxylation is 1. The number of nitrogens with zero attached hydrogens (tertiary/aromatic N) is 1. The molecule has 0 saturated carbocycles. The van der Waals surface area contributed by atoms with Crippen LogP contribution in [0.2, 0.25) is 0 Å². The zero-order valence-electron chi connectivity index (χ0n) is 15.9. The molecule has 1 aromatic heterocycles. The number of carbonyl (C=O) groups excluding carboxylic acids is 1. The molecule has 0 fully saturated rings. The van der Waals surface area contributed by atoms with Crippen LogP contribution in [-0.4, -0.2) is 41.9 Å². The lowest BCUT2D eigenvalue weighted by Crippen LogP contribution is -2.70. The van der Waals surface area contributed by atoms with E-state index in [-0.39, 0.29) is 6.42 Å². The van der Waals surface area contributed by atoms with Crippen LogP contribution in [0.3, 0.4) is 0 Å². The summed E-state index contributed by atoms with van der Waals surface area (Å²) in [7, 11) is 0. The second-order valence-corrected chi connectivity index (χ2v) is 8.16. The molecule has 1 heterocycles. The number of carbonyl (C=O) groups is 1. The van der Waals surface area contributed by atoms with Gasteiger partial charge in [0.2, 0.25) is 0 Å². The maximum Gasteiger partial charge on any atom is 0.393 e. The van der Waals surface area contributed by atoms with Gasteiger partial charge in [0.15, 0.2) is 0 Å². The van der Waals surface area contributed by atoms with Crippen LogP contribution < -0.4 is 5.32 Å². The Labute approximate surface area is 181 Å². The first kappa shape index (κ1) is 27.1. The van der Waals surface area contributed by atoms with Gasteiger partial charge in [0.25, 0.3) is 0 Å². The van der Waals surface area contributed by atoms with Crippen molar-refractivity contribution in [1.29, 1.82) is 5.26 Å². The average molecular weight is 520 g/mol. The van der Waals surface area contributed by atoms with Crippen molar-refractivity contribution in [3.63, 3.8) is 0 Å². The topological polar surface area (TPSA) is 52.9 Å². The number of nitrogens with one attached hydrogen (secondary N) is 1. The van der Waals surface area contributed by atoms with E-state index in [0.717, 1.165) is 11.7 Å². The van der Waals surface area contributed by atoms with Crippen LogP contribution >= 0.6 is 11.3 Å². The summed E-state index contributed by atoms with van der Waals surface area (Å²) in [5.74, 6) is -40.3. The molecule has 0 radical (unpaired) electrons. The normalized spacial score (nSPS) is 16.2. The molecule has 1 aliphatic carbocycles. The third-order valence-corrected chi connectivity index (χ3v) is 6.13. The van der Waals surface area contributed by atoms with E-state index in [2.05, 4.69) is 0 Å². The molecule has 0 atom stereocenters. The minimum atomic E-state index is -7.80. The Balaban J connectivity index is 2.44. The van der Waals surface area contributed by atoms with E-state index in [1.54, 1.807) is 0 Å². The number of nitriles is 1. The minimum absolute atomic E-state index is 0.240. The fourth-order valence-electron chi connectivity index (χ4n) is 3.01. The van der Waals surface area contributed by atoms with E-state index in [9.17, 15) is 62.7 Å². The predicted molar refractivity (Wildman–Crippen MR) is 89.7 cm³/mol. The van der Waals surface area contributed by atoms with Gasteiger partial charge in [0.1, 0.15) is 11.1 Å². The van der Waals surface area contributed by atoms with Gasteiger partial charge in [-0.2, -0.15) is 49.2 Å². The highest BCUT2D eigenvalue weighted by Gasteiger charge is 2.89. The fraction of sp³-hybridized carbons (Fsp3) is 0.647. The van der Waals surface area contributed by atoms with Crippen molar-refractivity contribution >= 4 is 22.2 Å². The third-order valence-electron chi connectivity index (χ3n) is 4.92. The van der Waals surface area contributed by atoms with E-state index in [4.69, 9.17) is 0 Å². The van der Waals surface area contributed by atoms with Crippen molar-refractivity contribution in [3.8, 4) is 6.07 Å². The fourth-order valence-corrected chi connectivity index (χ4v) is 4.25. The number of hydrogen-bond donors (Lipinski definition) is 1. The number of alkyl halides is 12. The van der Waals surface area contributed by atoms with Gasteiger partial charge in [-0.25, -0.2) is 8.78 Å². The summed E-state index contributed by atoms with van der Waals surface area (Å²) in [6.45, 7) is 0. The Hall–Kier alpha value is -2.18. The van der Waals surface area contributed by atoms with E-state index in [1.165, 1.54) is 6.07 Å². The highest BCUT2D eigenvalue weighted by atomic mass is 32.1. The molecule has 1 amide bonds. The number of fused-ring (bicyclic) bond motifs is 1. The van der Waals surface area contributed by atoms with Crippen LogP contribution in [0.25, 0.3) is 0 Å². The van der Waals surface area contributed by atoms with Crippen molar-refractivity contribution in [2.75, 3.05) is 5.32 Å². The smallest absolute Gasteiger partial charge is 0.311 e. The maximum absolute atomic E-state index is 14.0. The van der Waals surface area contributed by atoms with Gasteiger partial charge in [-0.15, -0.1) is 11.3 Å². The first-order valence-electron chi connectivity index (χ1n) is 8.91. The van der Waals surface area contributed by atoms with Crippen LogP contribution in [0.15, 0.2) is 0 Å². The van der Waals surface area contributed by atoms with E-state index >= 15 is 0 Å². The van der Waals surface area contributed by atoms with Gasteiger partial charge in [-0.1, -0.05) is 6.42 Å². The van der Waals surface area contributed by atoms with Crippen molar-refractivity contribution in [2.45, 2.75) is 68.1 Å². The predicted octanol–water partition coefficient (Wildman–Crippen LogP) is 6.27. The van der Waals surface area contributed by atoms with Gasteiger partial charge >= 0.3 is 41.9 Å². The van der Waals surface area contributed by atoms with Crippen LogP contribution in [0.4, 0.5) is 57.7 Å². The number of halogens is 12. The molecule has 16 heteroatoms. The number of thiophene rings is 1. The summed E-state index contributed by atoms with van der Waals surface area (Å²) in [5, 5.41) is 9.52. The van der Waals surface area contributed by atoms with Crippen molar-refractivity contribution < 1.29 is 57.5 Å². The molecule has 2 rings (SSSR count). The summed E-state index contributed by atoms with van der Waals surface area (Å²) in [6, 6.07) is 1.53. The molecule has 1 aromatic rings. The number of anilines is 1. The molecule has 0 unspecified atom stereocenters. The zero-order chi connectivity index (χ0) is 25.6. The summed E-state index contributed by atoms with van der Waals surface area (Å²) in [5.41, 5.74) is -0.149. The summed E-state index contributed by atoms with van der Waals surface area (Å²) in [4.78, 5) is 12.1.